The summed E-state index contributed by atoms with van der Waals surface area (Å²) in [4.78, 5) is 22.7. The Morgan fingerprint density at radius 2 is 1.79 bits per heavy atom. The smallest absolute Gasteiger partial charge is 0.223 e. The highest BCUT2D eigenvalue weighted by atomic mass is 16.6. The average molecular weight is 195 g/mol. The SMILES string of the molecule is O=C1[C@@H]2CC3C[C@H]1CC([N+](=O)[O-])(C3)C2. The summed E-state index contributed by atoms with van der Waals surface area (Å²) in [5.41, 5.74) is -0.718. The van der Waals surface area contributed by atoms with Crippen molar-refractivity contribution in [3.8, 4) is 0 Å². The number of nitrogens with zero attached hydrogens (tertiary/aromatic N) is 1. The molecule has 4 atom stereocenters. The Labute approximate surface area is 81.8 Å². The highest BCUT2D eigenvalue weighted by Gasteiger charge is 2.61. The molecule has 4 fully saturated rings. The van der Waals surface area contributed by atoms with Crippen LogP contribution < -0.4 is 0 Å². The Morgan fingerprint density at radius 3 is 2.29 bits per heavy atom. The van der Waals surface area contributed by atoms with Gasteiger partial charge in [0.1, 0.15) is 5.78 Å². The molecule has 0 heterocycles. The minimum Gasteiger partial charge on any atom is -0.299 e. The molecule has 4 saturated carbocycles. The lowest BCUT2D eigenvalue weighted by molar-refractivity contribution is -0.585. The third-order valence-electron chi connectivity index (χ3n) is 4.35. The molecular formula is C10H13NO3. The molecule has 76 valence electrons. The molecule has 0 radical (unpaired) electrons. The summed E-state index contributed by atoms with van der Waals surface area (Å²) in [7, 11) is 0. The molecule has 4 nitrogen and oxygen atoms in total. The Kier molecular flexibility index (Phi) is 1.41. The van der Waals surface area contributed by atoms with Gasteiger partial charge in [-0.25, -0.2) is 0 Å². The number of carbonyl (C=O) groups excluding carboxylic acids is 1. The number of ketones is 1. The number of carbonyl (C=O) groups is 1. The van der Waals surface area contributed by atoms with Crippen LogP contribution in [0.25, 0.3) is 0 Å². The van der Waals surface area contributed by atoms with E-state index in [1.165, 1.54) is 0 Å². The molecule has 0 spiro atoms. The minimum atomic E-state index is -0.718. The second-order valence-electron chi connectivity index (χ2n) is 5.23. The topological polar surface area (TPSA) is 60.2 Å². The van der Waals surface area contributed by atoms with E-state index in [1.807, 2.05) is 0 Å². The van der Waals surface area contributed by atoms with Gasteiger partial charge in [0, 0.05) is 36.0 Å². The standard InChI is InChI=1S/C10H13NO3/c12-9-7-1-6-2-8(9)5-10(3-6,4-7)11(13)14/h6-8H,1-5H2/t6?,7-,8+,10?. The molecule has 4 aliphatic rings. The van der Waals surface area contributed by atoms with E-state index in [2.05, 4.69) is 0 Å². The van der Waals surface area contributed by atoms with Crippen molar-refractivity contribution in [1.82, 2.24) is 0 Å². The Hall–Kier alpha value is -0.930. The maximum atomic E-state index is 11.7. The van der Waals surface area contributed by atoms with Gasteiger partial charge >= 0.3 is 0 Å². The van der Waals surface area contributed by atoms with Gasteiger partial charge in [-0.3, -0.25) is 14.9 Å². The normalized spacial score (nSPS) is 49.7. The van der Waals surface area contributed by atoms with E-state index in [0.29, 0.717) is 24.5 Å². The molecule has 4 aliphatic carbocycles. The van der Waals surface area contributed by atoms with Crippen LogP contribution in [0.15, 0.2) is 0 Å². The van der Waals surface area contributed by atoms with Crippen LogP contribution in [0.3, 0.4) is 0 Å². The van der Waals surface area contributed by atoms with Gasteiger partial charge in [-0.2, -0.15) is 0 Å². The van der Waals surface area contributed by atoms with Gasteiger partial charge in [-0.1, -0.05) is 0 Å². The van der Waals surface area contributed by atoms with Crippen LogP contribution in [0.1, 0.15) is 32.1 Å². The Balaban J connectivity index is 2.00. The fourth-order valence-electron chi connectivity index (χ4n) is 3.93. The molecule has 0 saturated heterocycles. The Morgan fingerprint density at radius 1 is 1.21 bits per heavy atom. The summed E-state index contributed by atoms with van der Waals surface area (Å²) in [6.45, 7) is 0. The summed E-state index contributed by atoms with van der Waals surface area (Å²) in [6.07, 6.45) is 3.60. The number of rotatable bonds is 1. The maximum absolute atomic E-state index is 11.7. The van der Waals surface area contributed by atoms with Crippen molar-refractivity contribution < 1.29 is 9.72 Å². The zero-order valence-corrected chi connectivity index (χ0v) is 7.94. The van der Waals surface area contributed by atoms with Crippen LogP contribution in [0.5, 0.6) is 0 Å². The molecule has 14 heavy (non-hydrogen) atoms. The zero-order valence-electron chi connectivity index (χ0n) is 7.94. The molecule has 0 amide bonds. The average Bonchev–Trinajstić information content (AvgIpc) is 2.12. The lowest BCUT2D eigenvalue weighted by Gasteiger charge is -2.50. The van der Waals surface area contributed by atoms with Crippen molar-refractivity contribution in [2.45, 2.75) is 37.6 Å². The number of nitro groups is 1. The molecule has 0 aromatic carbocycles. The predicted octanol–water partition coefficient (Wildman–Crippen LogP) is 1.41. The highest BCUT2D eigenvalue weighted by Crippen LogP contribution is 2.55. The largest absolute Gasteiger partial charge is 0.299 e. The van der Waals surface area contributed by atoms with Gasteiger partial charge in [-0.15, -0.1) is 0 Å². The first-order valence-electron chi connectivity index (χ1n) is 5.29. The first-order chi connectivity index (χ1) is 6.61. The molecule has 4 bridgehead atoms. The van der Waals surface area contributed by atoms with Gasteiger partial charge in [0.2, 0.25) is 5.54 Å². The number of Topliss-reactive ketones (excluding diaryl/α,β-unsaturated/α-hetero) is 1. The second-order valence-corrected chi connectivity index (χ2v) is 5.23. The van der Waals surface area contributed by atoms with E-state index in [0.717, 1.165) is 19.3 Å². The summed E-state index contributed by atoms with van der Waals surface area (Å²) in [5.74, 6) is 0.812. The third-order valence-corrected chi connectivity index (χ3v) is 4.35. The van der Waals surface area contributed by atoms with Crippen LogP contribution in [0.4, 0.5) is 0 Å². The van der Waals surface area contributed by atoms with Crippen LogP contribution in [0.2, 0.25) is 0 Å². The van der Waals surface area contributed by atoms with Crippen LogP contribution >= 0.6 is 0 Å². The molecule has 0 N–H and O–H groups in total. The van der Waals surface area contributed by atoms with Crippen molar-refractivity contribution in [2.24, 2.45) is 17.8 Å². The molecule has 2 unspecified atom stereocenters. The fraction of sp³-hybridized carbons (Fsp3) is 0.900. The van der Waals surface area contributed by atoms with Gasteiger partial charge in [0.25, 0.3) is 0 Å². The molecular weight excluding hydrogens is 182 g/mol. The van der Waals surface area contributed by atoms with Crippen molar-refractivity contribution in [2.75, 3.05) is 0 Å². The second kappa shape index (κ2) is 2.35. The highest BCUT2D eigenvalue weighted by molar-refractivity contribution is 5.85. The molecule has 4 heteroatoms. The van der Waals surface area contributed by atoms with Crippen LogP contribution in [-0.2, 0) is 4.79 Å². The molecule has 0 aliphatic heterocycles. The van der Waals surface area contributed by atoms with Crippen molar-refractivity contribution in [1.29, 1.82) is 0 Å². The van der Waals surface area contributed by atoms with Crippen molar-refractivity contribution in [3.63, 3.8) is 0 Å². The molecule has 0 aromatic rings. The predicted molar refractivity (Wildman–Crippen MR) is 48.3 cm³/mol. The monoisotopic (exact) mass is 195 g/mol. The number of hydrogen-bond donors (Lipinski definition) is 0. The van der Waals surface area contributed by atoms with Gasteiger partial charge in [0.05, 0.1) is 0 Å². The van der Waals surface area contributed by atoms with E-state index >= 15 is 0 Å². The van der Waals surface area contributed by atoms with E-state index < -0.39 is 5.54 Å². The minimum absolute atomic E-state index is 0.0200. The van der Waals surface area contributed by atoms with Crippen LogP contribution in [0, 0.1) is 27.9 Å². The van der Waals surface area contributed by atoms with Gasteiger partial charge < -0.3 is 0 Å². The van der Waals surface area contributed by atoms with E-state index in [4.69, 9.17) is 0 Å². The first kappa shape index (κ1) is 8.38. The summed E-state index contributed by atoms with van der Waals surface area (Å²) >= 11 is 0. The van der Waals surface area contributed by atoms with E-state index in [9.17, 15) is 14.9 Å². The molecule has 0 aromatic heterocycles. The number of hydrogen-bond acceptors (Lipinski definition) is 3. The lowest BCUT2D eigenvalue weighted by atomic mass is 9.52. The summed E-state index contributed by atoms with van der Waals surface area (Å²) in [5, 5.41) is 11.1. The quantitative estimate of drug-likeness (QED) is 0.469. The lowest BCUT2D eigenvalue weighted by Crippen LogP contribution is -2.58. The third kappa shape index (κ3) is 0.863. The van der Waals surface area contributed by atoms with Gasteiger partial charge in [-0.05, 0) is 18.8 Å². The zero-order chi connectivity index (χ0) is 9.92. The molecule has 4 rings (SSSR count). The maximum Gasteiger partial charge on any atom is 0.223 e. The first-order valence-corrected chi connectivity index (χ1v) is 5.29. The summed E-state index contributed by atoms with van der Waals surface area (Å²) in [6, 6.07) is 0. The van der Waals surface area contributed by atoms with Crippen molar-refractivity contribution in [3.05, 3.63) is 10.1 Å². The van der Waals surface area contributed by atoms with Crippen molar-refractivity contribution >= 4 is 5.78 Å². The van der Waals surface area contributed by atoms with E-state index in [1.54, 1.807) is 0 Å². The fourth-order valence-corrected chi connectivity index (χ4v) is 3.93. The summed E-state index contributed by atoms with van der Waals surface area (Å²) < 4.78 is 0. The van der Waals surface area contributed by atoms with Gasteiger partial charge in [0.15, 0.2) is 0 Å². The van der Waals surface area contributed by atoms with Crippen LogP contribution in [-0.4, -0.2) is 16.2 Å². The Bertz CT molecular complexity index is 307. The van der Waals surface area contributed by atoms with E-state index in [-0.39, 0.29) is 16.8 Å².